The van der Waals surface area contributed by atoms with E-state index >= 15 is 0 Å². The minimum Gasteiger partial charge on any atom is -0.324 e. The van der Waals surface area contributed by atoms with Crippen molar-refractivity contribution in [3.63, 3.8) is 0 Å². The zero-order valence-corrected chi connectivity index (χ0v) is 10.7. The van der Waals surface area contributed by atoms with Crippen LogP contribution in [-0.2, 0) is 0 Å². The van der Waals surface area contributed by atoms with Gasteiger partial charge in [-0.1, -0.05) is 0 Å². The Morgan fingerprint density at radius 1 is 1.50 bits per heavy atom. The predicted molar refractivity (Wildman–Crippen MR) is 66.5 cm³/mol. The maximum atomic E-state index is 11.8. The fraction of sp³-hybridized carbons (Fsp3) is 0.455. The first-order chi connectivity index (χ1) is 7.66. The molecule has 1 aromatic heterocycles. The summed E-state index contributed by atoms with van der Waals surface area (Å²) in [6.45, 7) is 3.63. The second-order valence-electron chi connectivity index (χ2n) is 3.94. The number of nitrogens with one attached hydrogen (secondary N) is 1. The predicted octanol–water partition coefficient (Wildman–Crippen LogP) is 2.78. The summed E-state index contributed by atoms with van der Waals surface area (Å²) in [7, 11) is 0. The van der Waals surface area contributed by atoms with Gasteiger partial charge in [0.05, 0.1) is 0 Å². The molecular weight excluding hydrogens is 270 g/mol. The summed E-state index contributed by atoms with van der Waals surface area (Å²) >= 11 is 3.34. The lowest BCUT2D eigenvalue weighted by Crippen LogP contribution is -2.32. The Kier molecular flexibility index (Phi) is 3.43. The van der Waals surface area contributed by atoms with Crippen molar-refractivity contribution in [1.29, 1.82) is 0 Å². The van der Waals surface area contributed by atoms with E-state index in [-0.39, 0.29) is 6.03 Å². The van der Waals surface area contributed by atoms with E-state index in [0.717, 1.165) is 36.0 Å². The Morgan fingerprint density at radius 2 is 2.19 bits per heavy atom. The molecule has 1 aliphatic rings. The molecule has 0 unspecified atom stereocenters. The molecule has 1 fully saturated rings. The molecule has 0 bridgehead atoms. The number of aromatic nitrogens is 1. The summed E-state index contributed by atoms with van der Waals surface area (Å²) in [5.41, 5.74) is 0.960. The van der Waals surface area contributed by atoms with Crippen LogP contribution in [0.3, 0.4) is 0 Å². The number of hydrogen-bond donors (Lipinski definition) is 1. The minimum absolute atomic E-state index is 0.0459. The molecule has 1 saturated heterocycles. The summed E-state index contributed by atoms with van der Waals surface area (Å²) in [4.78, 5) is 17.8. The highest BCUT2D eigenvalue weighted by atomic mass is 79.9. The number of nitrogens with zero attached hydrogens (tertiary/aromatic N) is 2. The van der Waals surface area contributed by atoms with Crippen LogP contribution in [0.2, 0.25) is 0 Å². The Bertz CT molecular complexity index is 402. The van der Waals surface area contributed by atoms with Crippen LogP contribution in [0.5, 0.6) is 0 Å². The molecular formula is C11H14BrN3O. The second-order valence-corrected chi connectivity index (χ2v) is 4.86. The van der Waals surface area contributed by atoms with Crippen LogP contribution in [0.1, 0.15) is 18.4 Å². The van der Waals surface area contributed by atoms with Gasteiger partial charge < -0.3 is 4.90 Å². The Balaban J connectivity index is 2.05. The fourth-order valence-electron chi connectivity index (χ4n) is 1.77. The van der Waals surface area contributed by atoms with Gasteiger partial charge in [0, 0.05) is 23.8 Å². The number of carbonyl (C=O) groups excluding carboxylic acids is 1. The number of likely N-dealkylation sites (tertiary alicyclic amines) is 1. The molecule has 1 aromatic rings. The number of anilines is 1. The number of urea groups is 1. The number of rotatable bonds is 1. The number of carbonyl (C=O) groups is 1. The van der Waals surface area contributed by atoms with E-state index in [1.165, 1.54) is 0 Å². The van der Waals surface area contributed by atoms with Crippen molar-refractivity contribution >= 4 is 27.8 Å². The van der Waals surface area contributed by atoms with Gasteiger partial charge >= 0.3 is 6.03 Å². The average Bonchev–Trinajstić information content (AvgIpc) is 2.75. The lowest BCUT2D eigenvalue weighted by atomic mass is 10.3. The van der Waals surface area contributed by atoms with Gasteiger partial charge in [0.15, 0.2) is 0 Å². The third kappa shape index (κ3) is 2.52. The highest BCUT2D eigenvalue weighted by Crippen LogP contribution is 2.18. The summed E-state index contributed by atoms with van der Waals surface area (Å²) in [6.07, 6.45) is 3.88. The molecule has 1 N–H and O–H groups in total. The highest BCUT2D eigenvalue weighted by molar-refractivity contribution is 9.10. The van der Waals surface area contributed by atoms with Gasteiger partial charge in [0.1, 0.15) is 5.82 Å². The molecule has 0 spiro atoms. The van der Waals surface area contributed by atoms with Gasteiger partial charge in [0.2, 0.25) is 0 Å². The molecule has 86 valence electrons. The van der Waals surface area contributed by atoms with E-state index in [9.17, 15) is 4.79 Å². The smallest absolute Gasteiger partial charge is 0.323 e. The molecule has 0 aromatic carbocycles. The second kappa shape index (κ2) is 4.82. The van der Waals surface area contributed by atoms with Crippen molar-refractivity contribution in [1.82, 2.24) is 9.88 Å². The third-order valence-electron chi connectivity index (χ3n) is 2.66. The highest BCUT2D eigenvalue weighted by Gasteiger charge is 2.18. The number of hydrogen-bond acceptors (Lipinski definition) is 2. The lowest BCUT2D eigenvalue weighted by molar-refractivity contribution is 0.222. The van der Waals surface area contributed by atoms with Gasteiger partial charge in [-0.05, 0) is 47.3 Å². The molecule has 0 aliphatic carbocycles. The van der Waals surface area contributed by atoms with Gasteiger partial charge in [0.25, 0.3) is 0 Å². The van der Waals surface area contributed by atoms with Crippen molar-refractivity contribution < 1.29 is 4.79 Å². The van der Waals surface area contributed by atoms with E-state index in [2.05, 4.69) is 26.2 Å². The Hall–Kier alpha value is -1.10. The van der Waals surface area contributed by atoms with Crippen LogP contribution >= 0.6 is 15.9 Å². The van der Waals surface area contributed by atoms with Crippen molar-refractivity contribution in [3.8, 4) is 0 Å². The number of amides is 2. The van der Waals surface area contributed by atoms with Crippen molar-refractivity contribution in [2.45, 2.75) is 19.8 Å². The first-order valence-electron chi connectivity index (χ1n) is 5.35. The number of halogens is 1. The number of pyridine rings is 1. The van der Waals surface area contributed by atoms with Crippen LogP contribution in [-0.4, -0.2) is 29.0 Å². The van der Waals surface area contributed by atoms with Crippen LogP contribution in [0.25, 0.3) is 0 Å². The van der Waals surface area contributed by atoms with Crippen molar-refractivity contribution in [2.24, 2.45) is 0 Å². The normalized spacial score (nSPS) is 15.2. The molecule has 0 radical (unpaired) electrons. The average molecular weight is 284 g/mol. The summed E-state index contributed by atoms with van der Waals surface area (Å²) < 4.78 is 0.921. The zero-order valence-electron chi connectivity index (χ0n) is 9.16. The molecule has 1 aliphatic heterocycles. The van der Waals surface area contributed by atoms with E-state index in [4.69, 9.17) is 0 Å². The molecule has 4 nitrogen and oxygen atoms in total. The maximum Gasteiger partial charge on any atom is 0.323 e. The largest absolute Gasteiger partial charge is 0.324 e. The fourth-order valence-corrected chi connectivity index (χ4v) is 2.22. The van der Waals surface area contributed by atoms with Crippen LogP contribution in [0.15, 0.2) is 16.7 Å². The van der Waals surface area contributed by atoms with Crippen LogP contribution in [0, 0.1) is 6.92 Å². The minimum atomic E-state index is -0.0459. The lowest BCUT2D eigenvalue weighted by Gasteiger charge is -2.16. The molecule has 2 amide bonds. The standard InChI is InChI=1S/C11H14BrN3O/c1-8-6-9(12)7-13-10(8)14-11(16)15-4-2-3-5-15/h6-7H,2-5H2,1H3,(H,13,14,16). The van der Waals surface area contributed by atoms with E-state index in [1.54, 1.807) is 6.20 Å². The van der Waals surface area contributed by atoms with E-state index in [0.29, 0.717) is 5.82 Å². The van der Waals surface area contributed by atoms with E-state index < -0.39 is 0 Å². The van der Waals surface area contributed by atoms with Crippen molar-refractivity contribution in [3.05, 3.63) is 22.3 Å². The molecule has 2 heterocycles. The topological polar surface area (TPSA) is 45.2 Å². The van der Waals surface area contributed by atoms with E-state index in [1.807, 2.05) is 17.9 Å². The first kappa shape index (κ1) is 11.4. The monoisotopic (exact) mass is 283 g/mol. The zero-order chi connectivity index (χ0) is 11.5. The number of aryl methyl sites for hydroxylation is 1. The Morgan fingerprint density at radius 3 is 2.81 bits per heavy atom. The van der Waals surface area contributed by atoms with Crippen LogP contribution in [0.4, 0.5) is 10.6 Å². The molecule has 0 atom stereocenters. The third-order valence-corrected chi connectivity index (χ3v) is 3.10. The Labute approximate surface area is 103 Å². The van der Waals surface area contributed by atoms with Gasteiger partial charge in [-0.2, -0.15) is 0 Å². The van der Waals surface area contributed by atoms with Gasteiger partial charge in [-0.15, -0.1) is 0 Å². The molecule has 5 heteroatoms. The maximum absolute atomic E-state index is 11.8. The first-order valence-corrected chi connectivity index (χ1v) is 6.14. The van der Waals surface area contributed by atoms with Crippen LogP contribution < -0.4 is 5.32 Å². The molecule has 16 heavy (non-hydrogen) atoms. The van der Waals surface area contributed by atoms with Gasteiger partial charge in [-0.3, -0.25) is 5.32 Å². The molecule has 2 rings (SSSR count). The van der Waals surface area contributed by atoms with Gasteiger partial charge in [-0.25, -0.2) is 9.78 Å². The van der Waals surface area contributed by atoms with Crippen molar-refractivity contribution in [2.75, 3.05) is 18.4 Å². The quantitative estimate of drug-likeness (QED) is 0.861. The summed E-state index contributed by atoms with van der Waals surface area (Å²) in [6, 6.07) is 1.89. The summed E-state index contributed by atoms with van der Waals surface area (Å²) in [5.74, 6) is 0.639. The SMILES string of the molecule is Cc1cc(Br)cnc1NC(=O)N1CCCC1. The molecule has 0 saturated carbocycles. The summed E-state index contributed by atoms with van der Waals surface area (Å²) in [5, 5.41) is 2.83.